The van der Waals surface area contributed by atoms with Gasteiger partial charge in [0.2, 0.25) is 0 Å². The molecule has 1 aliphatic carbocycles. The number of benzene rings is 1. The fourth-order valence-electron chi connectivity index (χ4n) is 2.25. The molecule has 2 heteroatoms. The largest absolute Gasteiger partial charge is 0.387 e. The van der Waals surface area contributed by atoms with Crippen LogP contribution < -0.4 is 5.73 Å². The minimum absolute atomic E-state index is 0.316. The molecule has 0 amide bonds. The lowest BCUT2D eigenvalue weighted by molar-refractivity contribution is 0.185. The highest BCUT2D eigenvalue weighted by molar-refractivity contribution is 5.38. The Morgan fingerprint density at radius 2 is 2.07 bits per heavy atom. The van der Waals surface area contributed by atoms with Crippen LogP contribution in [0.4, 0.5) is 0 Å². The Kier molecular flexibility index (Phi) is 2.85. The van der Waals surface area contributed by atoms with Gasteiger partial charge in [0.05, 0.1) is 6.10 Å². The summed E-state index contributed by atoms with van der Waals surface area (Å²) in [5.41, 5.74) is 9.28. The Hall–Kier alpha value is -0.860. The molecule has 14 heavy (non-hydrogen) atoms. The van der Waals surface area contributed by atoms with E-state index in [1.165, 1.54) is 24.0 Å². The summed E-state index contributed by atoms with van der Waals surface area (Å²) in [4.78, 5) is 0. The van der Waals surface area contributed by atoms with Gasteiger partial charge in [0.15, 0.2) is 0 Å². The third-order valence-corrected chi connectivity index (χ3v) is 3.01. The van der Waals surface area contributed by atoms with Crippen molar-refractivity contribution in [3.63, 3.8) is 0 Å². The van der Waals surface area contributed by atoms with Gasteiger partial charge < -0.3 is 10.8 Å². The van der Waals surface area contributed by atoms with E-state index in [0.29, 0.717) is 6.54 Å². The summed E-state index contributed by atoms with van der Waals surface area (Å²) >= 11 is 0. The lowest BCUT2D eigenvalue weighted by Gasteiger charge is -2.21. The molecule has 1 aromatic rings. The maximum Gasteiger partial charge on any atom is 0.0914 e. The molecule has 1 atom stereocenters. The molecule has 0 saturated carbocycles. The van der Waals surface area contributed by atoms with E-state index in [2.05, 4.69) is 6.07 Å². The van der Waals surface area contributed by atoms with Crippen LogP contribution in [-0.2, 0) is 12.8 Å². The monoisotopic (exact) mass is 191 g/mol. The Bertz CT molecular complexity index is 322. The minimum atomic E-state index is -0.483. The number of aliphatic hydroxyl groups is 1. The molecule has 0 heterocycles. The van der Waals surface area contributed by atoms with Crippen LogP contribution in [0, 0.1) is 0 Å². The van der Waals surface area contributed by atoms with Crippen LogP contribution in [0.5, 0.6) is 0 Å². The number of rotatable bonds is 2. The van der Waals surface area contributed by atoms with Crippen LogP contribution in [0.15, 0.2) is 18.2 Å². The Labute approximate surface area is 84.7 Å². The fraction of sp³-hybridized carbons (Fsp3) is 0.500. The molecule has 3 N–H and O–H groups in total. The van der Waals surface area contributed by atoms with Crippen molar-refractivity contribution in [1.82, 2.24) is 0 Å². The van der Waals surface area contributed by atoms with Gasteiger partial charge in [0.25, 0.3) is 0 Å². The predicted molar refractivity (Wildman–Crippen MR) is 57.1 cm³/mol. The molecule has 2 rings (SSSR count). The van der Waals surface area contributed by atoms with Crippen molar-refractivity contribution in [3.8, 4) is 0 Å². The second-order valence-electron chi connectivity index (χ2n) is 3.94. The van der Waals surface area contributed by atoms with Gasteiger partial charge in [0, 0.05) is 6.54 Å². The standard InChI is InChI=1S/C12H17NO/c13-8-12(14)11-7-3-5-9-4-1-2-6-10(9)11/h3,5,7,12,14H,1-2,4,6,8,13H2/t12-/m0/s1. The van der Waals surface area contributed by atoms with Crippen molar-refractivity contribution in [3.05, 3.63) is 34.9 Å². The van der Waals surface area contributed by atoms with Crippen molar-refractivity contribution in [2.75, 3.05) is 6.54 Å². The summed E-state index contributed by atoms with van der Waals surface area (Å²) in [5.74, 6) is 0. The van der Waals surface area contributed by atoms with Crippen molar-refractivity contribution in [1.29, 1.82) is 0 Å². The summed E-state index contributed by atoms with van der Waals surface area (Å²) in [6.07, 6.45) is 4.28. The number of fused-ring (bicyclic) bond motifs is 1. The molecule has 0 aromatic heterocycles. The molecule has 1 aromatic carbocycles. The summed E-state index contributed by atoms with van der Waals surface area (Å²) in [6.45, 7) is 0.316. The zero-order valence-electron chi connectivity index (χ0n) is 8.37. The van der Waals surface area contributed by atoms with E-state index >= 15 is 0 Å². The smallest absolute Gasteiger partial charge is 0.0914 e. The zero-order valence-corrected chi connectivity index (χ0v) is 8.37. The van der Waals surface area contributed by atoms with E-state index in [4.69, 9.17) is 5.73 Å². The third-order valence-electron chi connectivity index (χ3n) is 3.01. The quantitative estimate of drug-likeness (QED) is 0.745. The van der Waals surface area contributed by atoms with Gasteiger partial charge in [0.1, 0.15) is 0 Å². The third kappa shape index (κ3) is 1.68. The van der Waals surface area contributed by atoms with Crippen LogP contribution in [0.25, 0.3) is 0 Å². The zero-order chi connectivity index (χ0) is 9.97. The summed E-state index contributed by atoms with van der Waals surface area (Å²) in [7, 11) is 0. The first-order valence-electron chi connectivity index (χ1n) is 5.31. The SMILES string of the molecule is NC[C@H](O)c1cccc2c1CCCC2. The highest BCUT2D eigenvalue weighted by atomic mass is 16.3. The highest BCUT2D eigenvalue weighted by Gasteiger charge is 2.16. The topological polar surface area (TPSA) is 46.2 Å². The van der Waals surface area contributed by atoms with E-state index < -0.39 is 6.10 Å². The van der Waals surface area contributed by atoms with Gasteiger partial charge in [-0.05, 0) is 42.4 Å². The normalized spacial score (nSPS) is 17.6. The molecule has 0 bridgehead atoms. The van der Waals surface area contributed by atoms with Gasteiger partial charge >= 0.3 is 0 Å². The van der Waals surface area contributed by atoms with Crippen molar-refractivity contribution >= 4 is 0 Å². The van der Waals surface area contributed by atoms with Crippen LogP contribution in [0.1, 0.15) is 35.6 Å². The Morgan fingerprint density at radius 3 is 2.86 bits per heavy atom. The maximum atomic E-state index is 9.76. The molecule has 0 fully saturated rings. The van der Waals surface area contributed by atoms with Crippen LogP contribution in [-0.4, -0.2) is 11.7 Å². The lowest BCUT2D eigenvalue weighted by atomic mass is 9.86. The van der Waals surface area contributed by atoms with Crippen molar-refractivity contribution in [2.45, 2.75) is 31.8 Å². The van der Waals surface area contributed by atoms with Gasteiger partial charge in [-0.15, -0.1) is 0 Å². The molecule has 0 aliphatic heterocycles. The first kappa shape index (κ1) is 9.69. The average Bonchev–Trinajstić information content (AvgIpc) is 2.27. The van der Waals surface area contributed by atoms with Gasteiger partial charge in [-0.3, -0.25) is 0 Å². The number of nitrogens with two attached hydrogens (primary N) is 1. The van der Waals surface area contributed by atoms with E-state index in [-0.39, 0.29) is 0 Å². The summed E-state index contributed by atoms with van der Waals surface area (Å²) in [6, 6.07) is 6.20. The molecule has 0 unspecified atom stereocenters. The van der Waals surface area contributed by atoms with Gasteiger partial charge in [-0.2, -0.15) is 0 Å². The maximum absolute atomic E-state index is 9.76. The molecule has 0 radical (unpaired) electrons. The fourth-order valence-corrected chi connectivity index (χ4v) is 2.25. The van der Waals surface area contributed by atoms with Gasteiger partial charge in [-0.1, -0.05) is 18.2 Å². The van der Waals surface area contributed by atoms with Gasteiger partial charge in [-0.25, -0.2) is 0 Å². The van der Waals surface area contributed by atoms with E-state index in [9.17, 15) is 5.11 Å². The molecule has 0 spiro atoms. The number of aryl methyl sites for hydroxylation is 1. The van der Waals surface area contributed by atoms with Crippen LogP contribution in [0.3, 0.4) is 0 Å². The van der Waals surface area contributed by atoms with E-state index in [1.54, 1.807) is 0 Å². The van der Waals surface area contributed by atoms with Crippen molar-refractivity contribution < 1.29 is 5.11 Å². The average molecular weight is 191 g/mol. The predicted octanol–water partition coefficient (Wildman–Crippen LogP) is 1.56. The molecule has 0 saturated heterocycles. The Balaban J connectivity index is 2.39. The Morgan fingerprint density at radius 1 is 1.29 bits per heavy atom. The first-order chi connectivity index (χ1) is 6.83. The second kappa shape index (κ2) is 4.11. The molecular formula is C12H17NO. The summed E-state index contributed by atoms with van der Waals surface area (Å²) in [5, 5.41) is 9.76. The van der Waals surface area contributed by atoms with E-state index in [0.717, 1.165) is 18.4 Å². The lowest BCUT2D eigenvalue weighted by Crippen LogP contribution is -2.16. The molecule has 1 aliphatic rings. The summed E-state index contributed by atoms with van der Waals surface area (Å²) < 4.78 is 0. The molecular weight excluding hydrogens is 174 g/mol. The van der Waals surface area contributed by atoms with Crippen LogP contribution in [0.2, 0.25) is 0 Å². The molecule has 76 valence electrons. The number of hydrogen-bond donors (Lipinski definition) is 2. The van der Waals surface area contributed by atoms with Crippen molar-refractivity contribution in [2.24, 2.45) is 5.73 Å². The molecule has 2 nitrogen and oxygen atoms in total. The number of aliphatic hydroxyl groups excluding tert-OH is 1. The second-order valence-corrected chi connectivity index (χ2v) is 3.94. The number of hydrogen-bond acceptors (Lipinski definition) is 2. The minimum Gasteiger partial charge on any atom is -0.387 e. The van der Waals surface area contributed by atoms with E-state index in [1.807, 2.05) is 12.1 Å². The first-order valence-corrected chi connectivity index (χ1v) is 5.31. The highest BCUT2D eigenvalue weighted by Crippen LogP contribution is 2.27. The van der Waals surface area contributed by atoms with Crippen LogP contribution >= 0.6 is 0 Å².